The van der Waals surface area contributed by atoms with Gasteiger partial charge in [0.1, 0.15) is 5.54 Å². The number of anilines is 1. The van der Waals surface area contributed by atoms with E-state index in [9.17, 15) is 0 Å². The van der Waals surface area contributed by atoms with Crippen molar-refractivity contribution >= 4 is 33.7 Å². The summed E-state index contributed by atoms with van der Waals surface area (Å²) in [5.74, 6) is 1.53. The number of nitrogen functional groups attached to an aromatic ring is 1. The molecule has 1 aromatic rings. The summed E-state index contributed by atoms with van der Waals surface area (Å²) < 4.78 is 4.88. The lowest BCUT2D eigenvalue weighted by atomic mass is 9.89. The topological polar surface area (TPSA) is 70.9 Å². The van der Waals surface area contributed by atoms with Crippen LogP contribution in [0.25, 0.3) is 0 Å². The predicted molar refractivity (Wildman–Crippen MR) is 72.2 cm³/mol. The van der Waals surface area contributed by atoms with E-state index < -0.39 is 0 Å². The van der Waals surface area contributed by atoms with Gasteiger partial charge < -0.3 is 5.73 Å². The minimum Gasteiger partial charge on any atom is -0.381 e. The van der Waals surface area contributed by atoms with Crippen molar-refractivity contribution in [1.29, 1.82) is 5.26 Å². The lowest BCUT2D eigenvalue weighted by Gasteiger charge is -2.48. The second kappa shape index (κ2) is 4.88. The molecule has 0 aliphatic carbocycles. The summed E-state index contributed by atoms with van der Waals surface area (Å²) in [6.45, 7) is 3.80. The Morgan fingerprint density at radius 3 is 2.88 bits per heavy atom. The summed E-state index contributed by atoms with van der Waals surface area (Å²) in [6, 6.07) is 2.25. The van der Waals surface area contributed by atoms with Crippen molar-refractivity contribution in [3.05, 3.63) is 10.7 Å². The molecule has 92 valence electrons. The first-order chi connectivity index (χ1) is 8.11. The summed E-state index contributed by atoms with van der Waals surface area (Å²) in [7, 11) is 0. The van der Waals surface area contributed by atoms with Gasteiger partial charge in [-0.1, -0.05) is 18.9 Å². The van der Waals surface area contributed by atoms with Crippen LogP contribution in [0.3, 0.4) is 0 Å². The van der Waals surface area contributed by atoms with Crippen LogP contribution in [0.1, 0.15) is 13.3 Å². The zero-order valence-corrected chi connectivity index (χ0v) is 12.0. The van der Waals surface area contributed by atoms with Gasteiger partial charge in [0.25, 0.3) is 0 Å². The average molecular weight is 316 g/mol. The van der Waals surface area contributed by atoms with E-state index in [1.807, 2.05) is 10.9 Å². The Kier molecular flexibility index (Phi) is 3.66. The molecule has 0 unspecified atom stereocenters. The van der Waals surface area contributed by atoms with Crippen LogP contribution < -0.4 is 5.73 Å². The Morgan fingerprint density at radius 1 is 1.71 bits per heavy atom. The largest absolute Gasteiger partial charge is 0.381 e. The Balaban J connectivity index is 2.17. The molecule has 7 heteroatoms. The number of halogens is 1. The number of aromatic nitrogens is 2. The lowest BCUT2D eigenvalue weighted by molar-refractivity contribution is 0.0814. The second-order valence-electron chi connectivity index (χ2n) is 4.08. The van der Waals surface area contributed by atoms with Crippen molar-refractivity contribution in [1.82, 2.24) is 14.1 Å². The molecule has 0 aromatic carbocycles. The molecule has 0 bridgehead atoms. The maximum absolute atomic E-state index is 8.96. The fraction of sp³-hybridized carbons (Fsp3) is 0.600. The second-order valence-corrected chi connectivity index (χ2v) is 6.29. The Hall–Kier alpha value is -0.710. The zero-order chi connectivity index (χ0) is 12.5. The first-order valence-corrected chi connectivity index (χ1v) is 7.11. The maximum atomic E-state index is 8.96. The maximum Gasteiger partial charge on any atom is 0.159 e. The molecule has 0 spiro atoms. The van der Waals surface area contributed by atoms with E-state index in [0.29, 0.717) is 12.2 Å². The summed E-state index contributed by atoms with van der Waals surface area (Å²) in [4.78, 5) is 0. The lowest BCUT2D eigenvalue weighted by Crippen LogP contribution is -2.60. The van der Waals surface area contributed by atoms with Crippen LogP contribution in [0.5, 0.6) is 0 Å². The molecule has 2 rings (SSSR count). The van der Waals surface area contributed by atoms with Crippen molar-refractivity contribution in [3.63, 3.8) is 0 Å². The van der Waals surface area contributed by atoms with E-state index in [2.05, 4.69) is 38.3 Å². The molecular formula is C10H14BrN5S. The molecule has 2 heterocycles. The van der Waals surface area contributed by atoms with Gasteiger partial charge in [-0.3, -0.25) is 4.68 Å². The SMILES string of the molecule is CCSN1CC(CC#N)(n2cc(Br)c(N)n2)C1. The molecule has 1 aliphatic rings. The molecule has 0 atom stereocenters. The van der Waals surface area contributed by atoms with Gasteiger partial charge in [-0.05, 0) is 15.9 Å². The highest BCUT2D eigenvalue weighted by Gasteiger charge is 2.45. The minimum atomic E-state index is -0.211. The van der Waals surface area contributed by atoms with Gasteiger partial charge in [0.15, 0.2) is 5.82 Å². The first kappa shape index (κ1) is 12.7. The van der Waals surface area contributed by atoms with Crippen LogP contribution in [0.15, 0.2) is 10.7 Å². The minimum absolute atomic E-state index is 0.211. The van der Waals surface area contributed by atoms with Crippen molar-refractivity contribution in [2.45, 2.75) is 18.9 Å². The van der Waals surface area contributed by atoms with Gasteiger partial charge in [0.2, 0.25) is 0 Å². The Labute approximate surface area is 113 Å². The first-order valence-electron chi connectivity index (χ1n) is 5.37. The molecule has 17 heavy (non-hydrogen) atoms. The van der Waals surface area contributed by atoms with Crippen LogP contribution in [-0.4, -0.2) is 32.9 Å². The number of rotatable bonds is 4. The number of nitrogens with zero attached hydrogens (tertiary/aromatic N) is 4. The highest BCUT2D eigenvalue weighted by molar-refractivity contribution is 9.10. The number of hydrogen-bond acceptors (Lipinski definition) is 5. The Bertz CT molecular complexity index is 427. The Morgan fingerprint density at radius 2 is 2.41 bits per heavy atom. The van der Waals surface area contributed by atoms with Crippen LogP contribution in [-0.2, 0) is 5.54 Å². The third kappa shape index (κ3) is 2.30. The smallest absolute Gasteiger partial charge is 0.159 e. The molecule has 1 aromatic heterocycles. The molecule has 1 aliphatic heterocycles. The van der Waals surface area contributed by atoms with Gasteiger partial charge in [0.05, 0.1) is 17.0 Å². The summed E-state index contributed by atoms with van der Waals surface area (Å²) >= 11 is 5.14. The summed E-state index contributed by atoms with van der Waals surface area (Å²) in [5, 5.41) is 13.2. The van der Waals surface area contributed by atoms with Crippen molar-refractivity contribution in [2.24, 2.45) is 0 Å². The summed E-state index contributed by atoms with van der Waals surface area (Å²) in [5.41, 5.74) is 5.51. The number of nitrogens with two attached hydrogens (primary N) is 1. The fourth-order valence-corrected chi connectivity index (χ4v) is 3.28. The predicted octanol–water partition coefficient (Wildman–Crippen LogP) is 1.82. The van der Waals surface area contributed by atoms with E-state index in [-0.39, 0.29) is 5.54 Å². The normalized spacial score (nSPS) is 18.6. The summed E-state index contributed by atoms with van der Waals surface area (Å²) in [6.07, 6.45) is 2.32. The van der Waals surface area contributed by atoms with Crippen molar-refractivity contribution in [2.75, 3.05) is 24.6 Å². The van der Waals surface area contributed by atoms with Gasteiger partial charge in [-0.25, -0.2) is 4.31 Å². The van der Waals surface area contributed by atoms with Crippen LogP contribution in [0, 0.1) is 11.3 Å². The standard InChI is InChI=1S/C10H14BrN5S/c1-2-17-15-6-10(7-15,3-4-12)16-5-8(11)9(13)14-16/h5H,2-3,6-7H2,1H3,(H2,13,14). The van der Waals surface area contributed by atoms with Crippen LogP contribution in [0.4, 0.5) is 5.82 Å². The quantitative estimate of drug-likeness (QED) is 0.858. The van der Waals surface area contributed by atoms with Gasteiger partial charge in [0, 0.05) is 25.0 Å². The van der Waals surface area contributed by atoms with E-state index in [1.54, 1.807) is 11.9 Å². The van der Waals surface area contributed by atoms with Gasteiger partial charge in [-0.2, -0.15) is 10.4 Å². The molecule has 1 saturated heterocycles. The molecule has 5 nitrogen and oxygen atoms in total. The average Bonchev–Trinajstić information content (AvgIpc) is 2.56. The number of nitriles is 1. The zero-order valence-electron chi connectivity index (χ0n) is 9.56. The molecule has 0 radical (unpaired) electrons. The third-order valence-corrected chi connectivity index (χ3v) is 4.34. The highest BCUT2D eigenvalue weighted by atomic mass is 79.9. The van der Waals surface area contributed by atoms with Crippen LogP contribution >= 0.6 is 27.9 Å². The number of hydrogen-bond donors (Lipinski definition) is 1. The molecule has 1 fully saturated rings. The highest BCUT2D eigenvalue weighted by Crippen LogP contribution is 2.37. The van der Waals surface area contributed by atoms with E-state index >= 15 is 0 Å². The van der Waals surface area contributed by atoms with Crippen LogP contribution in [0.2, 0.25) is 0 Å². The van der Waals surface area contributed by atoms with Gasteiger partial charge >= 0.3 is 0 Å². The van der Waals surface area contributed by atoms with E-state index in [0.717, 1.165) is 23.3 Å². The molecule has 0 amide bonds. The van der Waals surface area contributed by atoms with E-state index in [4.69, 9.17) is 11.0 Å². The van der Waals surface area contributed by atoms with E-state index in [1.165, 1.54) is 0 Å². The fourth-order valence-electron chi connectivity index (χ4n) is 1.98. The molecule has 0 saturated carbocycles. The van der Waals surface area contributed by atoms with Crippen molar-refractivity contribution < 1.29 is 0 Å². The van der Waals surface area contributed by atoms with Gasteiger partial charge in [-0.15, -0.1) is 0 Å². The molecule has 2 N–H and O–H groups in total. The monoisotopic (exact) mass is 315 g/mol. The molecular weight excluding hydrogens is 302 g/mol. The third-order valence-electron chi connectivity index (χ3n) is 2.84. The van der Waals surface area contributed by atoms with Crippen molar-refractivity contribution in [3.8, 4) is 6.07 Å².